The fourth-order valence-corrected chi connectivity index (χ4v) is 2.79. The number of anilines is 1. The number of urea groups is 1. The monoisotopic (exact) mass is 285 g/mol. The summed E-state index contributed by atoms with van der Waals surface area (Å²) in [5, 5.41) is 15.2. The smallest absolute Gasteiger partial charge is 0.319 e. The van der Waals surface area contributed by atoms with E-state index in [1.54, 1.807) is 0 Å². The minimum Gasteiger partial charge on any atom is -0.319 e. The fraction of sp³-hybridized carbons (Fsp3) is 0.529. The molecule has 0 aliphatic heterocycles. The van der Waals surface area contributed by atoms with Crippen molar-refractivity contribution in [3.05, 3.63) is 29.8 Å². The van der Waals surface area contributed by atoms with E-state index in [-0.39, 0.29) is 6.03 Å². The molecule has 0 aromatic heterocycles. The molecule has 2 N–H and O–H groups in total. The van der Waals surface area contributed by atoms with Gasteiger partial charge < -0.3 is 10.6 Å². The number of hydrogen-bond donors (Lipinski definition) is 2. The Morgan fingerprint density at radius 2 is 1.67 bits per heavy atom. The van der Waals surface area contributed by atoms with Crippen LogP contribution >= 0.6 is 0 Å². The van der Waals surface area contributed by atoms with Crippen LogP contribution in [0.25, 0.3) is 0 Å². The molecule has 0 saturated heterocycles. The molecule has 0 bridgehead atoms. The molecule has 1 aromatic rings. The molecule has 0 spiro atoms. The minimum atomic E-state index is -0.713. The maximum absolute atomic E-state index is 12.2. The van der Waals surface area contributed by atoms with Gasteiger partial charge in [0.1, 0.15) is 5.54 Å². The predicted octanol–water partition coefficient (Wildman–Crippen LogP) is 4.12. The van der Waals surface area contributed by atoms with E-state index in [0.29, 0.717) is 0 Å². The number of amides is 2. The standard InChI is InChI=1S/C17H23N3O/c1-14-7-9-15(10-8-14)19-16(21)20-17(13-18)11-5-3-2-4-6-12-17/h7-10H,2-6,11-12H2,1H3,(H2,19,20,21). The second-order valence-corrected chi connectivity index (χ2v) is 5.91. The molecule has 21 heavy (non-hydrogen) atoms. The van der Waals surface area contributed by atoms with E-state index in [9.17, 15) is 10.1 Å². The number of carbonyl (C=O) groups is 1. The van der Waals surface area contributed by atoms with E-state index in [0.717, 1.165) is 49.8 Å². The van der Waals surface area contributed by atoms with Crippen molar-refractivity contribution in [3.63, 3.8) is 0 Å². The SMILES string of the molecule is Cc1ccc(NC(=O)NC2(C#N)CCCCCCC2)cc1. The molecule has 0 heterocycles. The quantitative estimate of drug-likeness (QED) is 0.858. The van der Waals surface area contributed by atoms with Crippen LogP contribution in [0.3, 0.4) is 0 Å². The lowest BCUT2D eigenvalue weighted by atomic mass is 9.85. The maximum atomic E-state index is 12.2. The van der Waals surface area contributed by atoms with Gasteiger partial charge in [-0.25, -0.2) is 4.79 Å². The van der Waals surface area contributed by atoms with Gasteiger partial charge in [-0.3, -0.25) is 0 Å². The summed E-state index contributed by atoms with van der Waals surface area (Å²) in [6, 6.07) is 9.68. The highest BCUT2D eigenvalue weighted by Crippen LogP contribution is 2.26. The van der Waals surface area contributed by atoms with Crippen molar-refractivity contribution in [2.24, 2.45) is 0 Å². The highest BCUT2D eigenvalue weighted by Gasteiger charge is 2.31. The molecule has 112 valence electrons. The summed E-state index contributed by atoms with van der Waals surface area (Å²) in [4.78, 5) is 12.2. The average Bonchev–Trinajstić information content (AvgIpc) is 2.45. The van der Waals surface area contributed by atoms with Crippen molar-refractivity contribution in [3.8, 4) is 6.07 Å². The van der Waals surface area contributed by atoms with E-state index in [4.69, 9.17) is 0 Å². The Hall–Kier alpha value is -2.02. The van der Waals surface area contributed by atoms with Crippen molar-refractivity contribution >= 4 is 11.7 Å². The Bertz CT molecular complexity index is 508. The van der Waals surface area contributed by atoms with Gasteiger partial charge in [0.15, 0.2) is 0 Å². The van der Waals surface area contributed by atoms with Gasteiger partial charge in [-0.15, -0.1) is 0 Å². The van der Waals surface area contributed by atoms with Crippen LogP contribution in [0.2, 0.25) is 0 Å². The Kier molecular flexibility index (Phi) is 5.21. The number of benzene rings is 1. The van der Waals surface area contributed by atoms with Gasteiger partial charge in [-0.05, 0) is 31.9 Å². The van der Waals surface area contributed by atoms with E-state index in [2.05, 4.69) is 16.7 Å². The lowest BCUT2D eigenvalue weighted by Gasteiger charge is -2.29. The fourth-order valence-electron chi connectivity index (χ4n) is 2.79. The molecule has 4 nitrogen and oxygen atoms in total. The highest BCUT2D eigenvalue weighted by atomic mass is 16.2. The van der Waals surface area contributed by atoms with Gasteiger partial charge in [-0.1, -0.05) is 49.8 Å². The summed E-state index contributed by atoms with van der Waals surface area (Å²) in [6.07, 6.45) is 7.00. The molecule has 0 unspecified atom stereocenters. The summed E-state index contributed by atoms with van der Waals surface area (Å²) < 4.78 is 0. The van der Waals surface area contributed by atoms with Crippen molar-refractivity contribution < 1.29 is 4.79 Å². The topological polar surface area (TPSA) is 64.9 Å². The van der Waals surface area contributed by atoms with E-state index in [1.165, 1.54) is 6.42 Å². The summed E-state index contributed by atoms with van der Waals surface area (Å²) in [7, 11) is 0. The molecule has 1 saturated carbocycles. The van der Waals surface area contributed by atoms with Crippen molar-refractivity contribution in [1.29, 1.82) is 5.26 Å². The third kappa shape index (κ3) is 4.49. The first-order valence-electron chi connectivity index (χ1n) is 7.71. The van der Waals surface area contributed by atoms with Crippen LogP contribution in [-0.2, 0) is 0 Å². The van der Waals surface area contributed by atoms with Gasteiger partial charge in [-0.2, -0.15) is 5.26 Å². The molecular weight excluding hydrogens is 262 g/mol. The molecule has 4 heteroatoms. The molecule has 2 amide bonds. The summed E-state index contributed by atoms with van der Waals surface area (Å²) in [5.41, 5.74) is 1.18. The number of rotatable bonds is 2. The molecule has 1 aromatic carbocycles. The summed E-state index contributed by atoms with van der Waals surface area (Å²) >= 11 is 0. The first-order chi connectivity index (χ1) is 10.1. The zero-order valence-corrected chi connectivity index (χ0v) is 12.6. The van der Waals surface area contributed by atoms with Gasteiger partial charge in [0.05, 0.1) is 6.07 Å². The normalized spacial score (nSPS) is 17.9. The number of aryl methyl sites for hydroxylation is 1. The second-order valence-electron chi connectivity index (χ2n) is 5.91. The zero-order valence-electron chi connectivity index (χ0n) is 12.6. The molecule has 2 rings (SSSR count). The van der Waals surface area contributed by atoms with Gasteiger partial charge in [0.25, 0.3) is 0 Å². The van der Waals surface area contributed by atoms with Gasteiger partial charge in [0.2, 0.25) is 0 Å². The van der Waals surface area contributed by atoms with E-state index < -0.39 is 5.54 Å². The predicted molar refractivity (Wildman–Crippen MR) is 84.0 cm³/mol. The number of nitrogens with one attached hydrogen (secondary N) is 2. The molecule has 1 fully saturated rings. The molecule has 0 radical (unpaired) electrons. The average molecular weight is 285 g/mol. The first-order valence-corrected chi connectivity index (χ1v) is 7.71. The van der Waals surface area contributed by atoms with Gasteiger partial charge in [0, 0.05) is 5.69 Å². The number of hydrogen-bond acceptors (Lipinski definition) is 2. The lowest BCUT2D eigenvalue weighted by molar-refractivity contribution is 0.236. The Morgan fingerprint density at radius 1 is 1.10 bits per heavy atom. The number of carbonyl (C=O) groups excluding carboxylic acids is 1. The second kappa shape index (κ2) is 7.12. The van der Waals surface area contributed by atoms with E-state index in [1.807, 2.05) is 31.2 Å². The molecule has 1 aliphatic carbocycles. The lowest BCUT2D eigenvalue weighted by Crippen LogP contribution is -2.49. The van der Waals surface area contributed by atoms with Crippen molar-refractivity contribution in [1.82, 2.24) is 5.32 Å². The van der Waals surface area contributed by atoms with Crippen molar-refractivity contribution in [2.45, 2.75) is 57.4 Å². The summed E-state index contributed by atoms with van der Waals surface area (Å²) in [5.74, 6) is 0. The van der Waals surface area contributed by atoms with Crippen molar-refractivity contribution in [2.75, 3.05) is 5.32 Å². The van der Waals surface area contributed by atoms with Crippen LogP contribution < -0.4 is 10.6 Å². The summed E-state index contributed by atoms with van der Waals surface area (Å²) in [6.45, 7) is 2.00. The number of nitriles is 1. The van der Waals surface area contributed by atoms with Crippen LogP contribution in [0.15, 0.2) is 24.3 Å². The minimum absolute atomic E-state index is 0.291. The first kappa shape index (κ1) is 15.4. The third-order valence-electron chi connectivity index (χ3n) is 4.08. The highest BCUT2D eigenvalue weighted by molar-refractivity contribution is 5.90. The Morgan fingerprint density at radius 3 is 2.24 bits per heavy atom. The van der Waals surface area contributed by atoms with Crippen LogP contribution in [-0.4, -0.2) is 11.6 Å². The molecule has 0 atom stereocenters. The van der Waals surface area contributed by atoms with Crippen LogP contribution in [0.5, 0.6) is 0 Å². The maximum Gasteiger partial charge on any atom is 0.320 e. The van der Waals surface area contributed by atoms with Crippen LogP contribution in [0.1, 0.15) is 50.5 Å². The van der Waals surface area contributed by atoms with Crippen LogP contribution in [0.4, 0.5) is 10.5 Å². The van der Waals surface area contributed by atoms with E-state index >= 15 is 0 Å². The third-order valence-corrected chi connectivity index (χ3v) is 4.08. The number of nitrogens with zero attached hydrogens (tertiary/aromatic N) is 1. The Balaban J connectivity index is 1.98. The van der Waals surface area contributed by atoms with Crippen LogP contribution in [0, 0.1) is 18.3 Å². The van der Waals surface area contributed by atoms with Gasteiger partial charge >= 0.3 is 6.03 Å². The molecular formula is C17H23N3O. The molecule has 1 aliphatic rings. The zero-order chi connectivity index (χ0) is 15.1. The Labute approximate surface area is 126 Å². The largest absolute Gasteiger partial charge is 0.320 e.